The summed E-state index contributed by atoms with van der Waals surface area (Å²) in [6, 6.07) is 7.05. The second kappa shape index (κ2) is 4.56. The van der Waals surface area contributed by atoms with Crippen molar-refractivity contribution in [2.45, 2.75) is 44.9 Å². The van der Waals surface area contributed by atoms with Crippen LogP contribution >= 0.6 is 0 Å². The smallest absolute Gasteiger partial charge is 0.123 e. The summed E-state index contributed by atoms with van der Waals surface area (Å²) in [6.07, 6.45) is 2.13. The molecule has 3 heteroatoms. The minimum atomic E-state index is -0.0479. The average molecular weight is 247 g/mol. The number of hydrogen-bond donors (Lipinski definition) is 1. The molecule has 1 aromatic rings. The molecule has 98 valence electrons. The Kier molecular flexibility index (Phi) is 3.04. The van der Waals surface area contributed by atoms with Gasteiger partial charge in [0.2, 0.25) is 0 Å². The van der Waals surface area contributed by atoms with Crippen LogP contribution in [0, 0.1) is 0 Å². The molecule has 1 unspecified atom stereocenters. The molecule has 2 aliphatic heterocycles. The van der Waals surface area contributed by atoms with E-state index in [4.69, 9.17) is 9.47 Å². The second-order valence-corrected chi connectivity index (χ2v) is 5.92. The largest absolute Gasteiger partial charge is 0.487 e. The quantitative estimate of drug-likeness (QED) is 0.889. The highest BCUT2D eigenvalue weighted by Gasteiger charge is 2.29. The van der Waals surface area contributed by atoms with Crippen molar-refractivity contribution in [3.05, 3.63) is 29.3 Å². The van der Waals surface area contributed by atoms with Crippen molar-refractivity contribution in [3.63, 3.8) is 0 Å². The molecule has 0 amide bonds. The number of hydrogen-bond acceptors (Lipinski definition) is 3. The molecular formula is C15H21NO2. The molecule has 0 bridgehead atoms. The number of benzene rings is 1. The molecule has 2 heterocycles. The molecule has 0 radical (unpaired) electrons. The van der Waals surface area contributed by atoms with Gasteiger partial charge < -0.3 is 14.8 Å². The third kappa shape index (κ3) is 2.52. The normalized spacial score (nSPS) is 24.9. The van der Waals surface area contributed by atoms with E-state index < -0.39 is 0 Å². The van der Waals surface area contributed by atoms with Gasteiger partial charge in [0.25, 0.3) is 0 Å². The third-order valence-electron chi connectivity index (χ3n) is 3.65. The van der Waals surface area contributed by atoms with Crippen molar-refractivity contribution in [1.29, 1.82) is 0 Å². The predicted molar refractivity (Wildman–Crippen MR) is 70.9 cm³/mol. The van der Waals surface area contributed by atoms with Crippen LogP contribution in [0.2, 0.25) is 0 Å². The monoisotopic (exact) mass is 247 g/mol. The first kappa shape index (κ1) is 12.0. The molecule has 1 N–H and O–H groups in total. The van der Waals surface area contributed by atoms with Gasteiger partial charge in [-0.25, -0.2) is 0 Å². The fourth-order valence-corrected chi connectivity index (χ4v) is 2.73. The lowest BCUT2D eigenvalue weighted by molar-refractivity contribution is 0.138. The molecule has 0 aromatic heterocycles. The van der Waals surface area contributed by atoms with Crippen molar-refractivity contribution in [1.82, 2.24) is 5.32 Å². The van der Waals surface area contributed by atoms with E-state index in [1.54, 1.807) is 0 Å². The van der Waals surface area contributed by atoms with Crippen molar-refractivity contribution in [3.8, 4) is 5.75 Å². The topological polar surface area (TPSA) is 30.5 Å². The van der Waals surface area contributed by atoms with Gasteiger partial charge in [0, 0.05) is 25.6 Å². The maximum atomic E-state index is 5.89. The first-order valence-corrected chi connectivity index (χ1v) is 6.74. The van der Waals surface area contributed by atoms with Gasteiger partial charge in [-0.3, -0.25) is 0 Å². The maximum absolute atomic E-state index is 5.89. The molecule has 3 nitrogen and oxygen atoms in total. The molecule has 0 spiro atoms. The fourth-order valence-electron chi connectivity index (χ4n) is 2.73. The molecule has 3 rings (SSSR count). The zero-order valence-electron chi connectivity index (χ0n) is 11.2. The van der Waals surface area contributed by atoms with E-state index in [-0.39, 0.29) is 5.60 Å². The Morgan fingerprint density at radius 3 is 3.06 bits per heavy atom. The number of fused-ring (bicyclic) bond motifs is 1. The summed E-state index contributed by atoms with van der Waals surface area (Å²) in [7, 11) is 0. The number of nitrogens with one attached hydrogen (secondary N) is 1. The van der Waals surface area contributed by atoms with E-state index in [2.05, 4.69) is 37.4 Å². The summed E-state index contributed by atoms with van der Waals surface area (Å²) in [4.78, 5) is 0. The first-order valence-electron chi connectivity index (χ1n) is 6.74. The number of rotatable bonds is 3. The van der Waals surface area contributed by atoms with E-state index in [0.717, 1.165) is 38.3 Å². The zero-order valence-corrected chi connectivity index (χ0v) is 11.2. The molecule has 0 aliphatic carbocycles. The summed E-state index contributed by atoms with van der Waals surface area (Å²) in [5, 5.41) is 3.54. The van der Waals surface area contributed by atoms with E-state index in [9.17, 15) is 0 Å². The van der Waals surface area contributed by atoms with Gasteiger partial charge in [-0.1, -0.05) is 12.1 Å². The standard InChI is InChI=1S/C15H21NO2/c1-15(2)8-12-7-11(3-4-14(12)18-15)9-16-13-5-6-17-10-13/h3-4,7,13,16H,5-6,8-10H2,1-2H3. The van der Waals surface area contributed by atoms with Gasteiger partial charge in [-0.15, -0.1) is 0 Å². The van der Waals surface area contributed by atoms with Crippen molar-refractivity contribution in [2.24, 2.45) is 0 Å². The van der Waals surface area contributed by atoms with E-state index in [0.29, 0.717) is 6.04 Å². The van der Waals surface area contributed by atoms with Crippen molar-refractivity contribution >= 4 is 0 Å². The second-order valence-electron chi connectivity index (χ2n) is 5.92. The third-order valence-corrected chi connectivity index (χ3v) is 3.65. The summed E-state index contributed by atoms with van der Waals surface area (Å²) in [5.41, 5.74) is 2.62. The van der Waals surface area contributed by atoms with Crippen LogP contribution in [0.3, 0.4) is 0 Å². The van der Waals surface area contributed by atoms with E-state index in [1.807, 2.05) is 0 Å². The van der Waals surface area contributed by atoms with E-state index in [1.165, 1.54) is 11.1 Å². The molecule has 1 aromatic carbocycles. The summed E-state index contributed by atoms with van der Waals surface area (Å²) >= 11 is 0. The van der Waals surface area contributed by atoms with Crippen LogP contribution < -0.4 is 10.1 Å². The lowest BCUT2D eigenvalue weighted by Crippen LogP contribution is -2.28. The Bertz CT molecular complexity index is 436. The van der Waals surface area contributed by atoms with Gasteiger partial charge in [-0.05, 0) is 37.5 Å². The summed E-state index contributed by atoms with van der Waals surface area (Å²) < 4.78 is 11.3. The Labute approximate surface area is 108 Å². The summed E-state index contributed by atoms with van der Waals surface area (Å²) in [6.45, 7) is 6.94. The Morgan fingerprint density at radius 1 is 1.39 bits per heavy atom. The Hall–Kier alpha value is -1.06. The van der Waals surface area contributed by atoms with Crippen LogP contribution in [0.15, 0.2) is 18.2 Å². The Balaban J connectivity index is 1.64. The minimum absolute atomic E-state index is 0.0479. The molecule has 18 heavy (non-hydrogen) atoms. The van der Waals surface area contributed by atoms with Crippen molar-refractivity contribution < 1.29 is 9.47 Å². The highest BCUT2D eigenvalue weighted by molar-refractivity contribution is 5.41. The fraction of sp³-hybridized carbons (Fsp3) is 0.600. The molecule has 1 fully saturated rings. The zero-order chi connectivity index (χ0) is 12.6. The van der Waals surface area contributed by atoms with Crippen LogP contribution in [0.4, 0.5) is 0 Å². The SMILES string of the molecule is CC1(C)Cc2cc(CNC3CCOC3)ccc2O1. The molecule has 1 saturated heterocycles. The lowest BCUT2D eigenvalue weighted by Gasteiger charge is -2.16. The highest BCUT2D eigenvalue weighted by Crippen LogP contribution is 2.35. The molecule has 2 aliphatic rings. The summed E-state index contributed by atoms with van der Waals surface area (Å²) in [5.74, 6) is 1.05. The Morgan fingerprint density at radius 2 is 2.28 bits per heavy atom. The minimum Gasteiger partial charge on any atom is -0.487 e. The van der Waals surface area contributed by atoms with Crippen LogP contribution in [-0.4, -0.2) is 24.9 Å². The van der Waals surface area contributed by atoms with Gasteiger partial charge in [0.05, 0.1) is 6.61 Å². The molecular weight excluding hydrogens is 226 g/mol. The van der Waals surface area contributed by atoms with Crippen molar-refractivity contribution in [2.75, 3.05) is 13.2 Å². The van der Waals surface area contributed by atoms with E-state index >= 15 is 0 Å². The van der Waals surface area contributed by atoms with Crippen LogP contribution in [-0.2, 0) is 17.7 Å². The maximum Gasteiger partial charge on any atom is 0.123 e. The van der Waals surface area contributed by atoms with Gasteiger partial charge >= 0.3 is 0 Å². The predicted octanol–water partition coefficient (Wildman–Crippen LogP) is 2.28. The lowest BCUT2D eigenvalue weighted by atomic mass is 10.00. The highest BCUT2D eigenvalue weighted by atomic mass is 16.5. The molecule has 0 saturated carbocycles. The van der Waals surface area contributed by atoms with Gasteiger partial charge in [0.15, 0.2) is 0 Å². The average Bonchev–Trinajstić information content (AvgIpc) is 2.90. The van der Waals surface area contributed by atoms with Gasteiger partial charge in [-0.2, -0.15) is 0 Å². The number of ether oxygens (including phenoxy) is 2. The molecule has 1 atom stereocenters. The van der Waals surface area contributed by atoms with Crippen LogP contribution in [0.5, 0.6) is 5.75 Å². The van der Waals surface area contributed by atoms with Crippen LogP contribution in [0.1, 0.15) is 31.4 Å². The van der Waals surface area contributed by atoms with Crippen LogP contribution in [0.25, 0.3) is 0 Å². The first-order chi connectivity index (χ1) is 8.62. The van der Waals surface area contributed by atoms with Gasteiger partial charge in [0.1, 0.15) is 11.4 Å².